The summed E-state index contributed by atoms with van der Waals surface area (Å²) < 4.78 is 64.7. The first-order valence-corrected chi connectivity index (χ1v) is 9.90. The maximum absolute atomic E-state index is 12.6. The average Bonchev–Trinajstić information content (AvgIpc) is 3.07. The number of benzene rings is 2. The monoisotopic (exact) mass is 401 g/mol. The van der Waals surface area contributed by atoms with Gasteiger partial charge in [0.25, 0.3) is 0 Å². The lowest BCUT2D eigenvalue weighted by atomic mass is 10.0. The topological polar surface area (TPSA) is 72.5 Å². The highest BCUT2D eigenvalue weighted by atomic mass is 32.2. The Kier molecular flexibility index (Phi) is 5.32. The molecule has 1 saturated carbocycles. The summed E-state index contributed by atoms with van der Waals surface area (Å²) in [7, 11) is -5.78. The fourth-order valence-electron chi connectivity index (χ4n) is 3.25. The molecule has 0 spiro atoms. The van der Waals surface area contributed by atoms with Gasteiger partial charge < -0.3 is 9.50 Å². The van der Waals surface area contributed by atoms with E-state index in [2.05, 4.69) is 9.50 Å². The predicted octanol–water partition coefficient (Wildman–Crippen LogP) is 4.59. The van der Waals surface area contributed by atoms with Crippen molar-refractivity contribution in [3.05, 3.63) is 36.4 Å². The van der Waals surface area contributed by atoms with Crippen LogP contribution in [0.4, 0.5) is 18.9 Å². The highest BCUT2D eigenvalue weighted by Crippen LogP contribution is 2.33. The average molecular weight is 401 g/mol. The zero-order valence-electron chi connectivity index (χ0n) is 14.3. The number of carbonyl (C=O) groups is 1. The number of amides is 1. The molecule has 3 rings (SSSR count). The van der Waals surface area contributed by atoms with Crippen molar-refractivity contribution >= 4 is 32.5 Å². The van der Waals surface area contributed by atoms with E-state index in [0.717, 1.165) is 31.7 Å². The van der Waals surface area contributed by atoms with Gasteiger partial charge in [0.15, 0.2) is 5.75 Å². The first-order chi connectivity index (χ1) is 12.7. The smallest absolute Gasteiger partial charge is 0.375 e. The Hall–Kier alpha value is -2.29. The first-order valence-electron chi connectivity index (χ1n) is 8.49. The molecule has 1 N–H and O–H groups in total. The molecule has 0 unspecified atom stereocenters. The SMILES string of the molecule is O=C(CC1CCCC1)Nc1ccc2cccc(OS(=O)(=O)C(F)(F)F)c2c1. The van der Waals surface area contributed by atoms with E-state index in [-0.39, 0.29) is 11.3 Å². The second-order valence-electron chi connectivity index (χ2n) is 6.58. The van der Waals surface area contributed by atoms with Gasteiger partial charge in [-0.3, -0.25) is 4.79 Å². The Morgan fingerprint density at radius 2 is 1.85 bits per heavy atom. The van der Waals surface area contributed by atoms with Crippen LogP contribution in [0.1, 0.15) is 32.1 Å². The van der Waals surface area contributed by atoms with Crippen LogP contribution in [0.5, 0.6) is 5.75 Å². The third kappa shape index (κ3) is 4.52. The third-order valence-electron chi connectivity index (χ3n) is 4.56. The maximum Gasteiger partial charge on any atom is 0.534 e. The van der Waals surface area contributed by atoms with Gasteiger partial charge in [-0.1, -0.05) is 31.0 Å². The quantitative estimate of drug-likeness (QED) is 0.588. The van der Waals surface area contributed by atoms with E-state index >= 15 is 0 Å². The molecule has 0 heterocycles. The lowest BCUT2D eigenvalue weighted by Gasteiger charge is -2.13. The number of carbonyl (C=O) groups excluding carboxylic acids is 1. The van der Waals surface area contributed by atoms with Crippen LogP contribution in [-0.4, -0.2) is 19.8 Å². The van der Waals surface area contributed by atoms with E-state index in [1.54, 1.807) is 18.2 Å². The molecule has 9 heteroatoms. The summed E-state index contributed by atoms with van der Waals surface area (Å²) in [6.07, 6.45) is 4.64. The van der Waals surface area contributed by atoms with E-state index in [4.69, 9.17) is 0 Å². The summed E-state index contributed by atoms with van der Waals surface area (Å²) >= 11 is 0. The van der Waals surface area contributed by atoms with E-state index < -0.39 is 21.4 Å². The number of hydrogen-bond acceptors (Lipinski definition) is 4. The van der Waals surface area contributed by atoms with Crippen molar-refractivity contribution in [2.45, 2.75) is 37.6 Å². The van der Waals surface area contributed by atoms with Gasteiger partial charge in [0.05, 0.1) is 0 Å². The minimum Gasteiger partial charge on any atom is -0.375 e. The Labute approximate surface area is 154 Å². The zero-order valence-corrected chi connectivity index (χ0v) is 15.1. The lowest BCUT2D eigenvalue weighted by molar-refractivity contribution is -0.117. The summed E-state index contributed by atoms with van der Waals surface area (Å²) in [6.45, 7) is 0. The molecule has 0 saturated heterocycles. The van der Waals surface area contributed by atoms with Crippen LogP contribution in [0, 0.1) is 5.92 Å². The van der Waals surface area contributed by atoms with Crippen LogP contribution in [0.3, 0.4) is 0 Å². The van der Waals surface area contributed by atoms with E-state index in [9.17, 15) is 26.4 Å². The van der Waals surface area contributed by atoms with Crippen LogP contribution in [0.25, 0.3) is 10.8 Å². The van der Waals surface area contributed by atoms with E-state index in [1.807, 2.05) is 0 Å². The Bertz CT molecular complexity index is 951. The molecule has 2 aromatic rings. The van der Waals surface area contributed by atoms with Crippen molar-refractivity contribution < 1.29 is 30.6 Å². The van der Waals surface area contributed by atoms with Crippen LogP contribution in [0.2, 0.25) is 0 Å². The zero-order chi connectivity index (χ0) is 19.7. The molecule has 0 bridgehead atoms. The Morgan fingerprint density at radius 3 is 2.52 bits per heavy atom. The lowest BCUT2D eigenvalue weighted by Crippen LogP contribution is -2.28. The molecule has 1 fully saturated rings. The molecular weight excluding hydrogens is 383 g/mol. The number of rotatable bonds is 5. The largest absolute Gasteiger partial charge is 0.534 e. The van der Waals surface area contributed by atoms with Gasteiger partial charge in [-0.2, -0.15) is 21.6 Å². The van der Waals surface area contributed by atoms with Crippen molar-refractivity contribution in [1.29, 1.82) is 0 Å². The number of halogens is 3. The van der Waals surface area contributed by atoms with E-state index in [0.29, 0.717) is 23.4 Å². The fraction of sp³-hybridized carbons (Fsp3) is 0.389. The van der Waals surface area contributed by atoms with Crippen molar-refractivity contribution in [3.63, 3.8) is 0 Å². The molecule has 0 atom stereocenters. The van der Waals surface area contributed by atoms with Gasteiger partial charge in [0, 0.05) is 17.5 Å². The predicted molar refractivity (Wildman–Crippen MR) is 94.8 cm³/mol. The van der Waals surface area contributed by atoms with Crippen LogP contribution < -0.4 is 9.50 Å². The van der Waals surface area contributed by atoms with Gasteiger partial charge >= 0.3 is 15.6 Å². The molecule has 0 aliphatic heterocycles. The number of alkyl halides is 3. The van der Waals surface area contributed by atoms with Gasteiger partial charge in [0.2, 0.25) is 5.91 Å². The highest BCUT2D eigenvalue weighted by Gasteiger charge is 2.48. The molecule has 0 radical (unpaired) electrons. The molecule has 0 aromatic heterocycles. The van der Waals surface area contributed by atoms with Crippen molar-refractivity contribution in [3.8, 4) is 5.75 Å². The molecule has 27 heavy (non-hydrogen) atoms. The molecule has 1 amide bonds. The van der Waals surface area contributed by atoms with Gasteiger partial charge in [-0.05, 0) is 42.3 Å². The normalized spacial score (nSPS) is 15.8. The number of anilines is 1. The molecule has 5 nitrogen and oxygen atoms in total. The number of fused-ring (bicyclic) bond motifs is 1. The Balaban J connectivity index is 1.84. The van der Waals surface area contributed by atoms with Crippen molar-refractivity contribution in [2.24, 2.45) is 5.92 Å². The van der Waals surface area contributed by atoms with Crippen LogP contribution in [-0.2, 0) is 14.9 Å². The first kappa shape index (κ1) is 19.5. The second kappa shape index (κ2) is 7.38. The third-order valence-corrected chi connectivity index (χ3v) is 5.52. The second-order valence-corrected chi connectivity index (χ2v) is 8.12. The summed E-state index contributed by atoms with van der Waals surface area (Å²) in [5.74, 6) is -0.277. The summed E-state index contributed by atoms with van der Waals surface area (Å²) in [5, 5.41) is 3.36. The molecule has 2 aromatic carbocycles. The summed E-state index contributed by atoms with van der Waals surface area (Å²) in [5.41, 5.74) is -5.16. The van der Waals surface area contributed by atoms with E-state index in [1.165, 1.54) is 12.1 Å². The standard InChI is InChI=1S/C18H18F3NO4S/c19-18(20,21)27(24,25)26-16-7-3-6-13-8-9-14(11-15(13)16)22-17(23)10-12-4-1-2-5-12/h3,6-9,11-12H,1-2,4-5,10H2,(H,22,23). The summed E-state index contributed by atoms with van der Waals surface area (Å²) in [4.78, 5) is 12.2. The van der Waals surface area contributed by atoms with Gasteiger partial charge in [0.1, 0.15) is 0 Å². The minimum atomic E-state index is -5.78. The Morgan fingerprint density at radius 1 is 1.15 bits per heavy atom. The number of hydrogen-bond donors (Lipinski definition) is 1. The summed E-state index contributed by atoms with van der Waals surface area (Å²) in [6, 6.07) is 8.72. The number of nitrogens with one attached hydrogen (secondary N) is 1. The minimum absolute atomic E-state index is 0.156. The van der Waals surface area contributed by atoms with Crippen LogP contribution >= 0.6 is 0 Å². The maximum atomic E-state index is 12.6. The molecule has 1 aliphatic carbocycles. The molecular formula is C18H18F3NO4S. The fourth-order valence-corrected chi connectivity index (χ4v) is 3.72. The van der Waals surface area contributed by atoms with Crippen LogP contribution in [0.15, 0.2) is 36.4 Å². The van der Waals surface area contributed by atoms with Crippen molar-refractivity contribution in [1.82, 2.24) is 0 Å². The molecule has 146 valence electrons. The van der Waals surface area contributed by atoms with Gasteiger partial charge in [-0.15, -0.1) is 0 Å². The molecule has 1 aliphatic rings. The van der Waals surface area contributed by atoms with Crippen molar-refractivity contribution in [2.75, 3.05) is 5.32 Å². The van der Waals surface area contributed by atoms with Gasteiger partial charge in [-0.25, -0.2) is 0 Å². The highest BCUT2D eigenvalue weighted by molar-refractivity contribution is 7.88.